The maximum absolute atomic E-state index is 12.4. The van der Waals surface area contributed by atoms with E-state index >= 15 is 0 Å². The van der Waals surface area contributed by atoms with E-state index < -0.39 is 10.0 Å². The molecule has 6 nitrogen and oxygen atoms in total. The largest absolute Gasteiger partial charge is 0.352 e. The number of amides is 1. The van der Waals surface area contributed by atoms with E-state index in [2.05, 4.69) is 5.32 Å². The van der Waals surface area contributed by atoms with Gasteiger partial charge in [0.2, 0.25) is 15.9 Å². The molecule has 0 radical (unpaired) electrons. The van der Waals surface area contributed by atoms with E-state index in [0.29, 0.717) is 11.3 Å². The predicted molar refractivity (Wildman–Crippen MR) is 98.3 cm³/mol. The van der Waals surface area contributed by atoms with Gasteiger partial charge in [0.05, 0.1) is 11.9 Å². The normalized spacial score (nSPS) is 16.1. The number of sulfonamides is 1. The van der Waals surface area contributed by atoms with Gasteiger partial charge in [-0.05, 0) is 44.0 Å². The zero-order chi connectivity index (χ0) is 18.4. The Kier molecular flexibility index (Phi) is 6.58. The van der Waals surface area contributed by atoms with E-state index in [1.807, 2.05) is 0 Å². The molecule has 1 aromatic carbocycles. The molecular formula is C18H26N2O4S. The molecule has 0 spiro atoms. The molecule has 1 amide bonds. The van der Waals surface area contributed by atoms with Gasteiger partial charge in [0, 0.05) is 11.6 Å². The van der Waals surface area contributed by atoms with Crippen LogP contribution in [0.25, 0.3) is 0 Å². The van der Waals surface area contributed by atoms with Crippen molar-refractivity contribution in [1.29, 1.82) is 0 Å². The standard InChI is InChI=1S/C18H26N2O4S/c1-14(21)15-9-11-17(12-10-15)20(25(2,23)24)13-18(22)19-16-7-5-3-4-6-8-16/h9-12,16H,3-8,13H2,1-2H3,(H,19,22). The average molecular weight is 366 g/mol. The number of carbonyl (C=O) groups is 2. The summed E-state index contributed by atoms with van der Waals surface area (Å²) in [5.41, 5.74) is 0.878. The highest BCUT2D eigenvalue weighted by atomic mass is 32.2. The molecule has 138 valence electrons. The lowest BCUT2D eigenvalue weighted by atomic mass is 10.1. The molecule has 0 saturated heterocycles. The second kappa shape index (κ2) is 8.47. The van der Waals surface area contributed by atoms with E-state index in [1.54, 1.807) is 24.3 Å². The zero-order valence-corrected chi connectivity index (χ0v) is 15.6. The Bertz CT molecular complexity index is 705. The summed E-state index contributed by atoms with van der Waals surface area (Å²) in [5.74, 6) is -0.392. The summed E-state index contributed by atoms with van der Waals surface area (Å²) in [6.07, 6.45) is 7.51. The molecule has 7 heteroatoms. The summed E-state index contributed by atoms with van der Waals surface area (Å²) in [5, 5.41) is 2.96. The molecule has 0 heterocycles. The first kappa shape index (κ1) is 19.4. The van der Waals surface area contributed by atoms with Crippen LogP contribution in [-0.2, 0) is 14.8 Å². The van der Waals surface area contributed by atoms with Crippen LogP contribution in [-0.4, -0.2) is 39.0 Å². The van der Waals surface area contributed by atoms with Crippen molar-refractivity contribution in [2.45, 2.75) is 51.5 Å². The molecule has 1 aromatic rings. The van der Waals surface area contributed by atoms with Crippen LogP contribution < -0.4 is 9.62 Å². The second-order valence-corrected chi connectivity index (χ2v) is 8.54. The minimum atomic E-state index is -3.61. The molecule has 0 aromatic heterocycles. The average Bonchev–Trinajstić information content (AvgIpc) is 2.80. The first-order chi connectivity index (χ1) is 11.8. The lowest BCUT2D eigenvalue weighted by molar-refractivity contribution is -0.120. The van der Waals surface area contributed by atoms with Crippen LogP contribution >= 0.6 is 0 Å². The predicted octanol–water partition coefficient (Wildman–Crippen LogP) is 2.49. The SMILES string of the molecule is CC(=O)c1ccc(N(CC(=O)NC2CCCCCC2)S(C)(=O)=O)cc1. The second-order valence-electron chi connectivity index (χ2n) is 6.63. The molecule has 1 aliphatic rings. The summed E-state index contributed by atoms with van der Waals surface area (Å²) in [4.78, 5) is 23.7. The number of Topliss-reactive ketones (excluding diaryl/α,β-unsaturated/α-hetero) is 1. The van der Waals surface area contributed by atoms with Gasteiger partial charge in [0.1, 0.15) is 6.54 Å². The lowest BCUT2D eigenvalue weighted by Crippen LogP contribution is -2.44. The Hall–Kier alpha value is -1.89. The highest BCUT2D eigenvalue weighted by Crippen LogP contribution is 2.20. The number of nitrogens with one attached hydrogen (secondary N) is 1. The number of hydrogen-bond acceptors (Lipinski definition) is 4. The molecule has 0 bridgehead atoms. The van der Waals surface area contributed by atoms with Crippen molar-refractivity contribution in [3.8, 4) is 0 Å². The van der Waals surface area contributed by atoms with Crippen LogP contribution in [0.3, 0.4) is 0 Å². The molecule has 25 heavy (non-hydrogen) atoms. The van der Waals surface area contributed by atoms with Gasteiger partial charge >= 0.3 is 0 Å². The van der Waals surface area contributed by atoms with Crippen LogP contribution in [0, 0.1) is 0 Å². The maximum atomic E-state index is 12.4. The molecule has 0 unspecified atom stereocenters. The highest BCUT2D eigenvalue weighted by molar-refractivity contribution is 7.92. The Morgan fingerprint density at radius 1 is 1.08 bits per heavy atom. The molecular weight excluding hydrogens is 340 g/mol. The Morgan fingerprint density at radius 2 is 1.64 bits per heavy atom. The maximum Gasteiger partial charge on any atom is 0.240 e. The minimum absolute atomic E-state index is 0.0939. The van der Waals surface area contributed by atoms with E-state index in [9.17, 15) is 18.0 Å². The van der Waals surface area contributed by atoms with Gasteiger partial charge in [-0.2, -0.15) is 0 Å². The zero-order valence-electron chi connectivity index (χ0n) is 14.8. The molecule has 0 atom stereocenters. The minimum Gasteiger partial charge on any atom is -0.352 e. The highest BCUT2D eigenvalue weighted by Gasteiger charge is 2.23. The van der Waals surface area contributed by atoms with Gasteiger partial charge in [-0.25, -0.2) is 8.42 Å². The number of ketones is 1. The van der Waals surface area contributed by atoms with Crippen molar-refractivity contribution in [3.05, 3.63) is 29.8 Å². The smallest absolute Gasteiger partial charge is 0.240 e. The third-order valence-electron chi connectivity index (χ3n) is 4.47. The molecule has 2 rings (SSSR count). The number of nitrogens with zero attached hydrogens (tertiary/aromatic N) is 1. The summed E-state index contributed by atoms with van der Waals surface area (Å²) in [6.45, 7) is 1.19. The summed E-state index contributed by atoms with van der Waals surface area (Å²) >= 11 is 0. The summed E-state index contributed by atoms with van der Waals surface area (Å²) in [7, 11) is -3.61. The quantitative estimate of drug-likeness (QED) is 0.619. The number of anilines is 1. The summed E-state index contributed by atoms with van der Waals surface area (Å²) in [6, 6.07) is 6.36. The number of carbonyl (C=O) groups excluding carboxylic acids is 2. The van der Waals surface area contributed by atoms with E-state index in [4.69, 9.17) is 0 Å². The van der Waals surface area contributed by atoms with Crippen LogP contribution in [0.4, 0.5) is 5.69 Å². The topological polar surface area (TPSA) is 83.6 Å². The molecule has 0 aliphatic heterocycles. The molecule has 1 fully saturated rings. The Balaban J connectivity index is 2.09. The van der Waals surface area contributed by atoms with E-state index in [0.717, 1.165) is 36.2 Å². The van der Waals surface area contributed by atoms with Crippen molar-refractivity contribution < 1.29 is 18.0 Å². The van der Waals surface area contributed by atoms with Crippen molar-refractivity contribution in [2.75, 3.05) is 17.1 Å². The van der Waals surface area contributed by atoms with Gasteiger partial charge in [-0.3, -0.25) is 13.9 Å². The first-order valence-electron chi connectivity index (χ1n) is 8.65. The number of benzene rings is 1. The van der Waals surface area contributed by atoms with Crippen molar-refractivity contribution in [2.24, 2.45) is 0 Å². The van der Waals surface area contributed by atoms with Crippen molar-refractivity contribution in [3.63, 3.8) is 0 Å². The van der Waals surface area contributed by atoms with Crippen LogP contribution in [0.5, 0.6) is 0 Å². The summed E-state index contributed by atoms with van der Waals surface area (Å²) < 4.78 is 25.3. The van der Waals surface area contributed by atoms with Crippen molar-refractivity contribution in [1.82, 2.24) is 5.32 Å². The fourth-order valence-corrected chi connectivity index (χ4v) is 3.95. The fraction of sp³-hybridized carbons (Fsp3) is 0.556. The van der Waals surface area contributed by atoms with Gasteiger partial charge < -0.3 is 5.32 Å². The van der Waals surface area contributed by atoms with Crippen LogP contribution in [0.15, 0.2) is 24.3 Å². The van der Waals surface area contributed by atoms with Gasteiger partial charge in [0.25, 0.3) is 0 Å². The van der Waals surface area contributed by atoms with Gasteiger partial charge in [-0.1, -0.05) is 25.7 Å². The number of rotatable bonds is 6. The molecule has 1 aliphatic carbocycles. The third-order valence-corrected chi connectivity index (χ3v) is 5.61. The van der Waals surface area contributed by atoms with E-state index in [1.165, 1.54) is 19.8 Å². The third kappa shape index (κ3) is 5.85. The Labute approximate surface area is 149 Å². The number of hydrogen-bond donors (Lipinski definition) is 1. The van der Waals surface area contributed by atoms with Gasteiger partial charge in [0.15, 0.2) is 5.78 Å². The van der Waals surface area contributed by atoms with Gasteiger partial charge in [-0.15, -0.1) is 0 Å². The lowest BCUT2D eigenvalue weighted by Gasteiger charge is -2.24. The van der Waals surface area contributed by atoms with Crippen LogP contribution in [0.1, 0.15) is 55.8 Å². The monoisotopic (exact) mass is 366 g/mol. The fourth-order valence-electron chi connectivity index (χ4n) is 3.09. The van der Waals surface area contributed by atoms with E-state index in [-0.39, 0.29) is 24.3 Å². The Morgan fingerprint density at radius 3 is 2.12 bits per heavy atom. The van der Waals surface area contributed by atoms with Crippen LogP contribution in [0.2, 0.25) is 0 Å². The molecule has 1 N–H and O–H groups in total. The molecule has 1 saturated carbocycles. The van der Waals surface area contributed by atoms with Crippen molar-refractivity contribution >= 4 is 27.4 Å². The first-order valence-corrected chi connectivity index (χ1v) is 10.5.